The number of nitrogens with zero attached hydrogens (tertiary/aromatic N) is 1. The summed E-state index contributed by atoms with van der Waals surface area (Å²) in [6.07, 6.45) is 1.22. The van der Waals surface area contributed by atoms with Crippen LogP contribution < -0.4 is 11.1 Å². The number of aromatic nitrogens is 1. The van der Waals surface area contributed by atoms with Gasteiger partial charge in [-0.25, -0.2) is 4.98 Å². The number of amides is 1. The minimum atomic E-state index is 0.0368. The maximum Gasteiger partial charge on any atom is 0.220 e. The van der Waals surface area contributed by atoms with Crippen molar-refractivity contribution < 1.29 is 4.79 Å². The number of hydrogen-bond donors (Lipinski definition) is 2. The second-order valence-electron chi connectivity index (χ2n) is 3.74. The van der Waals surface area contributed by atoms with E-state index in [1.807, 2.05) is 24.3 Å². The first-order valence-corrected chi connectivity index (χ1v) is 6.42. The van der Waals surface area contributed by atoms with Crippen LogP contribution in [0.3, 0.4) is 0 Å². The molecule has 0 fully saturated rings. The summed E-state index contributed by atoms with van der Waals surface area (Å²) in [4.78, 5) is 15.8. The summed E-state index contributed by atoms with van der Waals surface area (Å²) in [6, 6.07) is 7.97. The number of thiazole rings is 1. The van der Waals surface area contributed by atoms with Crippen molar-refractivity contribution >= 4 is 27.5 Å². The lowest BCUT2D eigenvalue weighted by Gasteiger charge is -2.01. The Balaban J connectivity index is 1.92. The minimum absolute atomic E-state index is 0.0368. The van der Waals surface area contributed by atoms with Crippen LogP contribution in [0.15, 0.2) is 24.3 Å². The predicted molar refractivity (Wildman–Crippen MR) is 69.8 cm³/mol. The van der Waals surface area contributed by atoms with Crippen molar-refractivity contribution in [2.24, 2.45) is 5.73 Å². The first-order valence-electron chi connectivity index (χ1n) is 5.61. The van der Waals surface area contributed by atoms with Crippen LogP contribution in [0.5, 0.6) is 0 Å². The first-order chi connectivity index (χ1) is 8.29. The third kappa shape index (κ3) is 3.25. The maximum atomic E-state index is 11.4. The molecule has 5 heteroatoms. The molecular formula is C12H15N3OS. The van der Waals surface area contributed by atoms with E-state index in [2.05, 4.69) is 10.3 Å². The van der Waals surface area contributed by atoms with Crippen molar-refractivity contribution in [2.75, 3.05) is 6.54 Å². The van der Waals surface area contributed by atoms with Crippen LogP contribution in [0.4, 0.5) is 0 Å². The van der Waals surface area contributed by atoms with E-state index in [1.54, 1.807) is 11.3 Å². The molecule has 17 heavy (non-hydrogen) atoms. The van der Waals surface area contributed by atoms with E-state index < -0.39 is 0 Å². The van der Waals surface area contributed by atoms with E-state index >= 15 is 0 Å². The molecule has 1 aromatic heterocycles. The van der Waals surface area contributed by atoms with E-state index in [-0.39, 0.29) is 5.91 Å². The van der Waals surface area contributed by atoms with Gasteiger partial charge in [-0.1, -0.05) is 12.1 Å². The second kappa shape index (κ2) is 5.75. The molecule has 0 saturated carbocycles. The zero-order valence-electron chi connectivity index (χ0n) is 9.48. The Kier molecular flexibility index (Phi) is 4.06. The fourth-order valence-corrected chi connectivity index (χ4v) is 2.43. The molecule has 1 heterocycles. The summed E-state index contributed by atoms with van der Waals surface area (Å²) < 4.78 is 1.15. The van der Waals surface area contributed by atoms with Crippen molar-refractivity contribution in [3.63, 3.8) is 0 Å². The number of fused-ring (bicyclic) bond motifs is 1. The summed E-state index contributed by atoms with van der Waals surface area (Å²) in [5.41, 5.74) is 6.33. The van der Waals surface area contributed by atoms with Gasteiger partial charge in [0, 0.05) is 6.42 Å². The van der Waals surface area contributed by atoms with Gasteiger partial charge >= 0.3 is 0 Å². The van der Waals surface area contributed by atoms with Crippen molar-refractivity contribution in [1.29, 1.82) is 0 Å². The lowest BCUT2D eigenvalue weighted by atomic mass is 10.3. The van der Waals surface area contributed by atoms with Gasteiger partial charge in [0.2, 0.25) is 5.91 Å². The molecular weight excluding hydrogens is 234 g/mol. The Labute approximate surface area is 104 Å². The average Bonchev–Trinajstić information content (AvgIpc) is 2.76. The highest BCUT2D eigenvalue weighted by Crippen LogP contribution is 2.21. The number of hydrogen-bond acceptors (Lipinski definition) is 4. The summed E-state index contributed by atoms with van der Waals surface area (Å²) in [7, 11) is 0. The number of para-hydroxylation sites is 1. The summed E-state index contributed by atoms with van der Waals surface area (Å²) >= 11 is 1.61. The van der Waals surface area contributed by atoms with Crippen LogP contribution in [0, 0.1) is 0 Å². The Morgan fingerprint density at radius 2 is 2.24 bits per heavy atom. The molecule has 0 saturated heterocycles. The molecule has 2 rings (SSSR count). The third-order valence-corrected chi connectivity index (χ3v) is 3.42. The van der Waals surface area contributed by atoms with E-state index in [0.29, 0.717) is 19.5 Å². The van der Waals surface area contributed by atoms with Crippen molar-refractivity contribution in [1.82, 2.24) is 10.3 Å². The van der Waals surface area contributed by atoms with Gasteiger partial charge in [-0.3, -0.25) is 4.79 Å². The highest BCUT2D eigenvalue weighted by Gasteiger charge is 2.05. The number of rotatable bonds is 5. The molecule has 0 bridgehead atoms. The van der Waals surface area contributed by atoms with Gasteiger partial charge in [0.15, 0.2) is 0 Å². The maximum absolute atomic E-state index is 11.4. The molecule has 0 radical (unpaired) electrons. The van der Waals surface area contributed by atoms with Crippen molar-refractivity contribution in [3.05, 3.63) is 29.3 Å². The van der Waals surface area contributed by atoms with Crippen molar-refractivity contribution in [2.45, 2.75) is 19.4 Å². The summed E-state index contributed by atoms with van der Waals surface area (Å²) in [5.74, 6) is 0.0368. The van der Waals surface area contributed by atoms with Crippen LogP contribution in [-0.4, -0.2) is 17.4 Å². The molecule has 1 aromatic carbocycles. The fraction of sp³-hybridized carbons (Fsp3) is 0.333. The van der Waals surface area contributed by atoms with Gasteiger partial charge in [-0.2, -0.15) is 0 Å². The Hall–Kier alpha value is -1.46. The van der Waals surface area contributed by atoms with Crippen LogP contribution in [0.25, 0.3) is 10.2 Å². The topological polar surface area (TPSA) is 68.0 Å². The number of carbonyl (C=O) groups excluding carboxylic acids is 1. The standard InChI is InChI=1S/C12H15N3OS/c13-7-3-6-11(16)14-8-12-15-9-4-1-2-5-10(9)17-12/h1-2,4-5H,3,6-8,13H2,(H,14,16). The van der Waals surface area contributed by atoms with Crippen LogP contribution in [-0.2, 0) is 11.3 Å². The van der Waals surface area contributed by atoms with Crippen LogP contribution >= 0.6 is 11.3 Å². The van der Waals surface area contributed by atoms with Gasteiger partial charge in [-0.05, 0) is 25.1 Å². The molecule has 0 aliphatic carbocycles. The summed E-state index contributed by atoms with van der Waals surface area (Å²) in [5, 5.41) is 3.79. The molecule has 90 valence electrons. The monoisotopic (exact) mass is 249 g/mol. The minimum Gasteiger partial charge on any atom is -0.350 e. The molecule has 0 atom stereocenters. The second-order valence-corrected chi connectivity index (χ2v) is 4.86. The quantitative estimate of drug-likeness (QED) is 0.846. The largest absolute Gasteiger partial charge is 0.350 e. The molecule has 2 aromatic rings. The lowest BCUT2D eigenvalue weighted by Crippen LogP contribution is -2.23. The van der Waals surface area contributed by atoms with Gasteiger partial charge in [-0.15, -0.1) is 11.3 Å². The lowest BCUT2D eigenvalue weighted by molar-refractivity contribution is -0.121. The van der Waals surface area contributed by atoms with Gasteiger partial charge in [0.05, 0.1) is 16.8 Å². The molecule has 4 nitrogen and oxygen atoms in total. The normalized spacial score (nSPS) is 10.6. The van der Waals surface area contributed by atoms with E-state index in [4.69, 9.17) is 5.73 Å². The zero-order valence-corrected chi connectivity index (χ0v) is 10.3. The van der Waals surface area contributed by atoms with E-state index in [0.717, 1.165) is 21.6 Å². The Morgan fingerprint density at radius 3 is 3.00 bits per heavy atom. The van der Waals surface area contributed by atoms with E-state index in [1.165, 1.54) is 0 Å². The fourth-order valence-electron chi connectivity index (χ4n) is 1.52. The highest BCUT2D eigenvalue weighted by molar-refractivity contribution is 7.18. The van der Waals surface area contributed by atoms with Gasteiger partial charge in [0.1, 0.15) is 5.01 Å². The van der Waals surface area contributed by atoms with Gasteiger partial charge < -0.3 is 11.1 Å². The molecule has 0 unspecified atom stereocenters. The number of nitrogens with one attached hydrogen (secondary N) is 1. The highest BCUT2D eigenvalue weighted by atomic mass is 32.1. The zero-order chi connectivity index (χ0) is 12.1. The smallest absolute Gasteiger partial charge is 0.220 e. The molecule has 1 amide bonds. The molecule has 0 spiro atoms. The predicted octanol–water partition coefficient (Wildman–Crippen LogP) is 1.65. The van der Waals surface area contributed by atoms with Crippen LogP contribution in [0.1, 0.15) is 17.8 Å². The third-order valence-electron chi connectivity index (χ3n) is 2.38. The van der Waals surface area contributed by atoms with Crippen molar-refractivity contribution in [3.8, 4) is 0 Å². The van der Waals surface area contributed by atoms with Crippen LogP contribution in [0.2, 0.25) is 0 Å². The SMILES string of the molecule is NCCCC(=O)NCc1nc2ccccc2s1. The number of benzene rings is 1. The molecule has 0 aliphatic rings. The number of carbonyl (C=O) groups is 1. The average molecular weight is 249 g/mol. The Morgan fingerprint density at radius 1 is 1.41 bits per heavy atom. The van der Waals surface area contributed by atoms with E-state index in [9.17, 15) is 4.79 Å². The summed E-state index contributed by atoms with van der Waals surface area (Å²) in [6.45, 7) is 1.05. The van der Waals surface area contributed by atoms with Gasteiger partial charge in [0.25, 0.3) is 0 Å². The first kappa shape index (κ1) is 12.0. The Bertz CT molecular complexity index is 476. The molecule has 3 N–H and O–H groups in total. The number of nitrogens with two attached hydrogens (primary N) is 1. The molecule has 0 aliphatic heterocycles.